The zero-order chi connectivity index (χ0) is 10.7. The van der Waals surface area contributed by atoms with E-state index in [0.717, 1.165) is 19.3 Å². The second-order valence-electron chi connectivity index (χ2n) is 3.86. The van der Waals surface area contributed by atoms with Gasteiger partial charge in [0, 0.05) is 6.54 Å². The van der Waals surface area contributed by atoms with Crippen LogP contribution in [0.15, 0.2) is 6.33 Å². The molecular formula is C8H13N5O2. The Morgan fingerprint density at radius 1 is 1.60 bits per heavy atom. The number of aliphatic hydroxyl groups is 1. The molecule has 7 nitrogen and oxygen atoms in total. The van der Waals surface area contributed by atoms with E-state index in [0.29, 0.717) is 6.54 Å². The van der Waals surface area contributed by atoms with E-state index in [4.69, 9.17) is 0 Å². The van der Waals surface area contributed by atoms with Crippen molar-refractivity contribution >= 4 is 5.91 Å². The maximum Gasteiger partial charge on any atom is 0.241 e. The van der Waals surface area contributed by atoms with Crippen LogP contribution in [-0.4, -0.2) is 43.4 Å². The van der Waals surface area contributed by atoms with Gasteiger partial charge in [0.25, 0.3) is 0 Å². The summed E-state index contributed by atoms with van der Waals surface area (Å²) >= 11 is 0. The van der Waals surface area contributed by atoms with Gasteiger partial charge in [-0.2, -0.15) is 0 Å². The van der Waals surface area contributed by atoms with Crippen molar-refractivity contribution in [2.45, 2.75) is 31.4 Å². The van der Waals surface area contributed by atoms with Gasteiger partial charge in [-0.25, -0.2) is 4.68 Å². The SMILES string of the molecule is O=C(Cn1cnnn1)NCC1(O)CCC1. The molecule has 0 bridgehead atoms. The van der Waals surface area contributed by atoms with Crippen LogP contribution < -0.4 is 5.32 Å². The number of aromatic nitrogens is 4. The fraction of sp³-hybridized carbons (Fsp3) is 0.750. The molecule has 0 aromatic carbocycles. The second-order valence-corrected chi connectivity index (χ2v) is 3.86. The van der Waals surface area contributed by atoms with Crippen LogP contribution in [0, 0.1) is 0 Å². The Bertz CT molecular complexity index is 333. The lowest BCUT2D eigenvalue weighted by Gasteiger charge is -2.36. The van der Waals surface area contributed by atoms with Crippen molar-refractivity contribution in [3.63, 3.8) is 0 Å². The number of hydrogen-bond acceptors (Lipinski definition) is 5. The molecule has 0 aliphatic heterocycles. The predicted molar refractivity (Wildman–Crippen MR) is 49.6 cm³/mol. The number of hydrogen-bond donors (Lipinski definition) is 2. The van der Waals surface area contributed by atoms with Crippen molar-refractivity contribution in [3.05, 3.63) is 6.33 Å². The minimum absolute atomic E-state index is 0.0864. The van der Waals surface area contributed by atoms with Crippen LogP contribution in [-0.2, 0) is 11.3 Å². The maximum atomic E-state index is 11.4. The standard InChI is InChI=1S/C8H13N5O2/c14-7(4-13-6-10-11-12-13)9-5-8(15)2-1-3-8/h6,15H,1-5H2,(H,9,14). The number of rotatable bonds is 4. The summed E-state index contributed by atoms with van der Waals surface area (Å²) in [7, 11) is 0. The Hall–Kier alpha value is -1.50. The van der Waals surface area contributed by atoms with Crippen molar-refractivity contribution in [2.75, 3.05) is 6.54 Å². The van der Waals surface area contributed by atoms with E-state index in [9.17, 15) is 9.90 Å². The van der Waals surface area contributed by atoms with E-state index in [1.807, 2.05) is 0 Å². The summed E-state index contributed by atoms with van der Waals surface area (Å²) < 4.78 is 1.33. The zero-order valence-electron chi connectivity index (χ0n) is 8.26. The first kappa shape index (κ1) is 10.0. The average molecular weight is 211 g/mol. The Kier molecular flexibility index (Phi) is 2.63. The molecular weight excluding hydrogens is 198 g/mol. The number of carbonyl (C=O) groups is 1. The van der Waals surface area contributed by atoms with Gasteiger partial charge in [-0.1, -0.05) is 0 Å². The molecule has 0 spiro atoms. The summed E-state index contributed by atoms with van der Waals surface area (Å²) in [4.78, 5) is 11.4. The van der Waals surface area contributed by atoms with Gasteiger partial charge in [0.05, 0.1) is 5.60 Å². The van der Waals surface area contributed by atoms with Gasteiger partial charge >= 0.3 is 0 Å². The number of nitrogens with one attached hydrogen (secondary N) is 1. The first-order valence-corrected chi connectivity index (χ1v) is 4.88. The van der Waals surface area contributed by atoms with Gasteiger partial charge < -0.3 is 10.4 Å². The van der Waals surface area contributed by atoms with Gasteiger partial charge in [-0.05, 0) is 29.7 Å². The van der Waals surface area contributed by atoms with Gasteiger partial charge in [0.15, 0.2) is 0 Å². The van der Waals surface area contributed by atoms with Crippen molar-refractivity contribution < 1.29 is 9.90 Å². The molecule has 1 aromatic rings. The lowest BCUT2D eigenvalue weighted by Crippen LogP contribution is -2.48. The molecule has 0 atom stereocenters. The number of nitrogens with zero attached hydrogens (tertiary/aromatic N) is 4. The highest BCUT2D eigenvalue weighted by atomic mass is 16.3. The van der Waals surface area contributed by atoms with E-state index in [1.165, 1.54) is 11.0 Å². The van der Waals surface area contributed by atoms with Gasteiger partial charge in [0.2, 0.25) is 5.91 Å². The highest BCUT2D eigenvalue weighted by Gasteiger charge is 2.34. The van der Waals surface area contributed by atoms with Crippen LogP contribution in [0.5, 0.6) is 0 Å². The molecule has 1 saturated carbocycles. The van der Waals surface area contributed by atoms with Crippen molar-refractivity contribution in [3.8, 4) is 0 Å². The molecule has 82 valence electrons. The molecule has 0 radical (unpaired) electrons. The average Bonchev–Trinajstić information content (AvgIpc) is 2.64. The molecule has 1 aliphatic carbocycles. The number of carbonyl (C=O) groups excluding carboxylic acids is 1. The molecule has 0 unspecified atom stereocenters. The van der Waals surface area contributed by atoms with E-state index >= 15 is 0 Å². The summed E-state index contributed by atoms with van der Waals surface area (Å²) in [6.07, 6.45) is 3.92. The minimum atomic E-state index is -0.684. The Morgan fingerprint density at radius 2 is 2.40 bits per heavy atom. The normalized spacial score (nSPS) is 18.2. The molecule has 2 rings (SSSR count). The Labute approximate surface area is 86.5 Å². The monoisotopic (exact) mass is 211 g/mol. The summed E-state index contributed by atoms with van der Waals surface area (Å²) in [5.41, 5.74) is -0.684. The lowest BCUT2D eigenvalue weighted by molar-refractivity contribution is -0.124. The van der Waals surface area contributed by atoms with Crippen LogP contribution in [0.4, 0.5) is 0 Å². The molecule has 1 heterocycles. The fourth-order valence-electron chi connectivity index (χ4n) is 1.48. The Morgan fingerprint density at radius 3 is 2.93 bits per heavy atom. The summed E-state index contributed by atoms with van der Waals surface area (Å²) in [5.74, 6) is -0.192. The molecule has 1 aromatic heterocycles. The zero-order valence-corrected chi connectivity index (χ0v) is 8.26. The third-order valence-corrected chi connectivity index (χ3v) is 2.60. The third kappa shape index (κ3) is 2.50. The van der Waals surface area contributed by atoms with Crippen LogP contribution >= 0.6 is 0 Å². The van der Waals surface area contributed by atoms with Crippen LogP contribution in [0.2, 0.25) is 0 Å². The molecule has 0 saturated heterocycles. The molecule has 1 fully saturated rings. The molecule has 1 amide bonds. The van der Waals surface area contributed by atoms with Crippen molar-refractivity contribution in [2.24, 2.45) is 0 Å². The first-order valence-electron chi connectivity index (χ1n) is 4.88. The smallest absolute Gasteiger partial charge is 0.241 e. The number of amides is 1. The van der Waals surface area contributed by atoms with Crippen LogP contribution in [0.25, 0.3) is 0 Å². The first-order chi connectivity index (χ1) is 7.18. The van der Waals surface area contributed by atoms with Crippen molar-refractivity contribution in [1.82, 2.24) is 25.5 Å². The topological polar surface area (TPSA) is 92.9 Å². The summed E-state index contributed by atoms with van der Waals surface area (Å²) in [5, 5.41) is 22.8. The van der Waals surface area contributed by atoms with E-state index < -0.39 is 5.60 Å². The van der Waals surface area contributed by atoms with E-state index in [1.54, 1.807) is 0 Å². The van der Waals surface area contributed by atoms with Gasteiger partial charge in [-0.3, -0.25) is 4.79 Å². The van der Waals surface area contributed by atoms with Gasteiger partial charge in [-0.15, -0.1) is 5.10 Å². The fourth-order valence-corrected chi connectivity index (χ4v) is 1.48. The predicted octanol–water partition coefficient (Wildman–Crippen LogP) is -1.30. The lowest BCUT2D eigenvalue weighted by atomic mass is 9.80. The second kappa shape index (κ2) is 3.93. The quantitative estimate of drug-likeness (QED) is 0.646. The van der Waals surface area contributed by atoms with E-state index in [-0.39, 0.29) is 12.5 Å². The van der Waals surface area contributed by atoms with Crippen LogP contribution in [0.3, 0.4) is 0 Å². The molecule has 1 aliphatic rings. The summed E-state index contributed by atoms with van der Waals surface area (Å²) in [6.45, 7) is 0.400. The van der Waals surface area contributed by atoms with E-state index in [2.05, 4.69) is 20.8 Å². The highest BCUT2D eigenvalue weighted by molar-refractivity contribution is 5.75. The Balaban J connectivity index is 1.73. The number of tetrazole rings is 1. The van der Waals surface area contributed by atoms with Gasteiger partial charge in [0.1, 0.15) is 12.9 Å². The van der Waals surface area contributed by atoms with Crippen molar-refractivity contribution in [1.29, 1.82) is 0 Å². The molecule has 2 N–H and O–H groups in total. The minimum Gasteiger partial charge on any atom is -0.388 e. The largest absolute Gasteiger partial charge is 0.388 e. The highest BCUT2D eigenvalue weighted by Crippen LogP contribution is 2.30. The van der Waals surface area contributed by atoms with Crippen LogP contribution in [0.1, 0.15) is 19.3 Å². The third-order valence-electron chi connectivity index (χ3n) is 2.60. The maximum absolute atomic E-state index is 11.4. The summed E-state index contributed by atoms with van der Waals surface area (Å²) in [6, 6.07) is 0. The molecule has 7 heteroatoms. The molecule has 15 heavy (non-hydrogen) atoms.